The van der Waals surface area contributed by atoms with Gasteiger partial charge in [-0.2, -0.15) is 0 Å². The minimum absolute atomic E-state index is 0.0121. The van der Waals surface area contributed by atoms with Gasteiger partial charge in [0.2, 0.25) is 0 Å². The summed E-state index contributed by atoms with van der Waals surface area (Å²) in [4.78, 5) is 12.7. The summed E-state index contributed by atoms with van der Waals surface area (Å²) in [6, 6.07) is 9.56. The van der Waals surface area contributed by atoms with Gasteiger partial charge in [-0.25, -0.2) is 0 Å². The van der Waals surface area contributed by atoms with E-state index in [4.69, 9.17) is 4.74 Å². The molecule has 0 N–H and O–H groups in total. The van der Waals surface area contributed by atoms with Gasteiger partial charge in [-0.3, -0.25) is 4.79 Å². The van der Waals surface area contributed by atoms with E-state index in [0.29, 0.717) is 11.2 Å². The number of ether oxygens (including phenoxy) is 1. The molecule has 0 spiro atoms. The molecule has 28 heavy (non-hydrogen) atoms. The molecule has 0 unspecified atom stereocenters. The number of hydrogen-bond acceptors (Lipinski definition) is 2. The molecule has 3 rings (SSSR count). The van der Waals surface area contributed by atoms with Gasteiger partial charge in [0.05, 0.1) is 5.92 Å². The Morgan fingerprint density at radius 1 is 0.964 bits per heavy atom. The van der Waals surface area contributed by atoms with Gasteiger partial charge in [0.15, 0.2) is 0 Å². The third-order valence-electron chi connectivity index (χ3n) is 7.71. The molecule has 0 heterocycles. The van der Waals surface area contributed by atoms with Crippen molar-refractivity contribution in [2.75, 3.05) is 0 Å². The molecule has 2 aliphatic rings. The Bertz CT molecular complexity index is 578. The molecule has 156 valence electrons. The van der Waals surface area contributed by atoms with E-state index in [0.717, 1.165) is 24.7 Å². The standard InChI is InChI=1S/C26H40O2/c1-3-5-18-26(23-14-12-21(9-4-2)13-15-23)19-16-22(17-20-26)25(27)28-24-10-7-6-8-11-24/h6-8,10-11,21-23H,3-5,9,12-20H2,1-2H3. The minimum atomic E-state index is -0.0121. The molecule has 2 saturated carbocycles. The van der Waals surface area contributed by atoms with Crippen LogP contribution in [0.1, 0.15) is 97.3 Å². The number of carbonyl (C=O) groups excluding carboxylic acids is 1. The Balaban J connectivity index is 1.57. The lowest BCUT2D eigenvalue weighted by Gasteiger charge is -2.48. The summed E-state index contributed by atoms with van der Waals surface area (Å²) >= 11 is 0. The van der Waals surface area contributed by atoms with Crippen molar-refractivity contribution in [3.05, 3.63) is 30.3 Å². The molecule has 2 nitrogen and oxygen atoms in total. The van der Waals surface area contributed by atoms with Crippen molar-refractivity contribution in [1.29, 1.82) is 0 Å². The Morgan fingerprint density at radius 3 is 2.25 bits per heavy atom. The van der Waals surface area contributed by atoms with E-state index < -0.39 is 0 Å². The predicted molar refractivity (Wildman–Crippen MR) is 116 cm³/mol. The van der Waals surface area contributed by atoms with Gasteiger partial charge in [-0.1, -0.05) is 70.6 Å². The van der Waals surface area contributed by atoms with Gasteiger partial charge >= 0.3 is 5.97 Å². The van der Waals surface area contributed by atoms with Crippen molar-refractivity contribution in [2.45, 2.75) is 97.3 Å². The summed E-state index contributed by atoms with van der Waals surface area (Å²) in [7, 11) is 0. The zero-order valence-corrected chi connectivity index (χ0v) is 18.1. The Kier molecular flexibility index (Phi) is 8.00. The molecule has 2 heteroatoms. The maximum Gasteiger partial charge on any atom is 0.314 e. The maximum absolute atomic E-state index is 12.7. The number of hydrogen-bond donors (Lipinski definition) is 0. The zero-order chi connectivity index (χ0) is 19.8. The van der Waals surface area contributed by atoms with Crippen molar-refractivity contribution in [1.82, 2.24) is 0 Å². The number of unbranched alkanes of at least 4 members (excludes halogenated alkanes) is 1. The lowest BCUT2D eigenvalue weighted by molar-refractivity contribution is -0.141. The molecule has 2 aliphatic carbocycles. The van der Waals surface area contributed by atoms with Gasteiger partial charge in [-0.15, -0.1) is 0 Å². The van der Waals surface area contributed by atoms with Crippen LogP contribution in [0.5, 0.6) is 5.75 Å². The van der Waals surface area contributed by atoms with Gasteiger partial charge in [-0.05, 0) is 74.3 Å². The van der Waals surface area contributed by atoms with Crippen LogP contribution in [-0.2, 0) is 4.79 Å². The molecule has 0 aliphatic heterocycles. The quantitative estimate of drug-likeness (QED) is 0.341. The second-order valence-electron chi connectivity index (χ2n) is 9.48. The lowest BCUT2D eigenvalue weighted by Crippen LogP contribution is -2.39. The molecular weight excluding hydrogens is 344 g/mol. The highest BCUT2D eigenvalue weighted by Crippen LogP contribution is 2.53. The Labute approximate surface area is 172 Å². The number of benzene rings is 1. The van der Waals surface area contributed by atoms with E-state index >= 15 is 0 Å². The molecule has 1 aromatic rings. The maximum atomic E-state index is 12.7. The van der Waals surface area contributed by atoms with Crippen LogP contribution in [0.2, 0.25) is 0 Å². The molecule has 2 fully saturated rings. The van der Waals surface area contributed by atoms with Crippen molar-refractivity contribution in [2.24, 2.45) is 23.2 Å². The molecule has 0 saturated heterocycles. The van der Waals surface area contributed by atoms with Gasteiger partial charge in [0.25, 0.3) is 0 Å². The van der Waals surface area contributed by atoms with E-state index in [1.165, 1.54) is 70.6 Å². The molecule has 0 atom stereocenters. The molecular formula is C26H40O2. The first-order chi connectivity index (χ1) is 13.7. The van der Waals surface area contributed by atoms with Crippen LogP contribution >= 0.6 is 0 Å². The number of carbonyl (C=O) groups is 1. The van der Waals surface area contributed by atoms with Crippen LogP contribution in [0.4, 0.5) is 0 Å². The number of para-hydroxylation sites is 1. The number of rotatable bonds is 8. The monoisotopic (exact) mass is 384 g/mol. The zero-order valence-electron chi connectivity index (χ0n) is 18.1. The van der Waals surface area contributed by atoms with Crippen LogP contribution in [0.3, 0.4) is 0 Å². The molecule has 0 amide bonds. The summed E-state index contributed by atoms with van der Waals surface area (Å²) in [6.45, 7) is 4.64. The van der Waals surface area contributed by atoms with Crippen LogP contribution in [0.15, 0.2) is 30.3 Å². The van der Waals surface area contributed by atoms with Gasteiger partial charge in [0.1, 0.15) is 5.75 Å². The summed E-state index contributed by atoms with van der Waals surface area (Å²) in [5.74, 6) is 2.62. The van der Waals surface area contributed by atoms with Crippen molar-refractivity contribution in [3.8, 4) is 5.75 Å². The van der Waals surface area contributed by atoms with E-state index in [2.05, 4.69) is 13.8 Å². The van der Waals surface area contributed by atoms with Gasteiger partial charge < -0.3 is 4.74 Å². The normalized spacial score (nSPS) is 30.7. The number of esters is 1. The molecule has 0 radical (unpaired) electrons. The molecule has 0 bridgehead atoms. The predicted octanol–water partition coefficient (Wildman–Crippen LogP) is 7.57. The fourth-order valence-corrected chi connectivity index (χ4v) is 5.98. The van der Waals surface area contributed by atoms with Crippen LogP contribution < -0.4 is 4.74 Å². The average Bonchev–Trinajstić information content (AvgIpc) is 2.74. The van der Waals surface area contributed by atoms with Crippen LogP contribution in [0.25, 0.3) is 0 Å². The first kappa shape index (κ1) is 21.4. The third kappa shape index (κ3) is 5.39. The summed E-state index contributed by atoms with van der Waals surface area (Å²) in [5, 5.41) is 0. The first-order valence-corrected chi connectivity index (χ1v) is 11.9. The largest absolute Gasteiger partial charge is 0.426 e. The van der Waals surface area contributed by atoms with Crippen molar-refractivity contribution in [3.63, 3.8) is 0 Å². The summed E-state index contributed by atoms with van der Waals surface area (Å²) in [5.41, 5.74) is 0.497. The topological polar surface area (TPSA) is 26.3 Å². The van der Waals surface area contributed by atoms with E-state index in [1.807, 2.05) is 30.3 Å². The SMILES string of the molecule is CCCCC1(C2CCC(CCC)CC2)CCC(C(=O)Oc2ccccc2)CC1. The lowest BCUT2D eigenvalue weighted by atomic mass is 9.57. The Morgan fingerprint density at radius 2 is 1.64 bits per heavy atom. The van der Waals surface area contributed by atoms with E-state index in [9.17, 15) is 4.79 Å². The molecule has 0 aromatic heterocycles. The second-order valence-corrected chi connectivity index (χ2v) is 9.48. The summed E-state index contributed by atoms with van der Waals surface area (Å²) in [6.07, 6.45) is 17.0. The van der Waals surface area contributed by atoms with E-state index in [-0.39, 0.29) is 11.9 Å². The van der Waals surface area contributed by atoms with Crippen LogP contribution in [0, 0.1) is 23.2 Å². The van der Waals surface area contributed by atoms with Gasteiger partial charge in [0, 0.05) is 0 Å². The minimum Gasteiger partial charge on any atom is -0.426 e. The highest BCUT2D eigenvalue weighted by atomic mass is 16.5. The van der Waals surface area contributed by atoms with Crippen molar-refractivity contribution < 1.29 is 9.53 Å². The average molecular weight is 385 g/mol. The summed E-state index contributed by atoms with van der Waals surface area (Å²) < 4.78 is 5.65. The molecule has 1 aromatic carbocycles. The second kappa shape index (κ2) is 10.5. The fourth-order valence-electron chi connectivity index (χ4n) is 5.98. The smallest absolute Gasteiger partial charge is 0.314 e. The Hall–Kier alpha value is -1.31. The van der Waals surface area contributed by atoms with E-state index in [1.54, 1.807) is 0 Å². The fraction of sp³-hybridized carbons (Fsp3) is 0.731. The first-order valence-electron chi connectivity index (χ1n) is 11.9. The highest BCUT2D eigenvalue weighted by Gasteiger charge is 2.43. The third-order valence-corrected chi connectivity index (χ3v) is 7.71. The van der Waals surface area contributed by atoms with Crippen LogP contribution in [-0.4, -0.2) is 5.97 Å². The highest BCUT2D eigenvalue weighted by molar-refractivity contribution is 5.75. The van der Waals surface area contributed by atoms with Crippen molar-refractivity contribution >= 4 is 5.97 Å².